The average Bonchev–Trinajstić information content (AvgIpc) is 2.16. The van der Waals surface area contributed by atoms with Crippen LogP contribution in [0.25, 0.3) is 0 Å². The second kappa shape index (κ2) is 3.98. The van der Waals surface area contributed by atoms with Gasteiger partial charge in [-0.05, 0) is 0 Å². The van der Waals surface area contributed by atoms with E-state index in [1.807, 2.05) is 0 Å². The molecule has 1 aromatic heterocycles. The first-order chi connectivity index (χ1) is 6.61. The lowest BCUT2D eigenvalue weighted by molar-refractivity contribution is 0.148. The van der Waals surface area contributed by atoms with E-state index in [4.69, 9.17) is 16.1 Å². The lowest BCUT2D eigenvalue weighted by Gasteiger charge is -2.09. The summed E-state index contributed by atoms with van der Waals surface area (Å²) in [6.07, 6.45) is -1.80. The maximum Gasteiger partial charge on any atom is 0.266 e. The Kier molecular flexibility index (Phi) is 2.94. The van der Waals surface area contributed by atoms with E-state index in [1.165, 1.54) is 0 Å². The Labute approximate surface area is 78.6 Å². The quantitative estimate of drug-likeness (QED) is 0.743. The molecular weight excluding hydrogens is 192 g/mol. The van der Waals surface area contributed by atoms with Crippen LogP contribution >= 0.6 is 0 Å². The van der Waals surface area contributed by atoms with Gasteiger partial charge in [-0.1, -0.05) is 0 Å². The Morgan fingerprint density at radius 1 is 1.64 bits per heavy atom. The molecule has 4 nitrogen and oxygen atoms in total. The highest BCUT2D eigenvalue weighted by Crippen LogP contribution is 2.29. The van der Waals surface area contributed by atoms with Crippen molar-refractivity contribution < 1.29 is 13.9 Å². The maximum absolute atomic E-state index is 12.5. The third-order valence-corrected chi connectivity index (χ3v) is 1.74. The van der Waals surface area contributed by atoms with Crippen LogP contribution in [0.1, 0.15) is 23.2 Å². The molecule has 0 saturated heterocycles. The fraction of sp³-hybridized carbons (Fsp3) is 0.250. The van der Waals surface area contributed by atoms with E-state index in [0.717, 1.165) is 6.20 Å². The second-order valence-corrected chi connectivity index (χ2v) is 2.53. The molecule has 0 saturated carbocycles. The summed E-state index contributed by atoms with van der Waals surface area (Å²) in [6.45, 7) is -0.581. The smallest absolute Gasteiger partial charge is 0.266 e. The number of hydrogen-bond donors (Lipinski definition) is 2. The molecule has 0 spiro atoms. The largest absolute Gasteiger partial charge is 0.396 e. The van der Waals surface area contributed by atoms with Gasteiger partial charge in [0.1, 0.15) is 6.07 Å². The number of nitrogen functional groups attached to an aromatic ring is 1. The zero-order valence-corrected chi connectivity index (χ0v) is 7.04. The van der Waals surface area contributed by atoms with Crippen LogP contribution in [0.15, 0.2) is 6.20 Å². The van der Waals surface area contributed by atoms with Gasteiger partial charge in [-0.25, -0.2) is 13.8 Å². The number of alkyl halides is 2. The Balaban J connectivity index is 3.41. The van der Waals surface area contributed by atoms with Crippen molar-refractivity contribution >= 4 is 5.69 Å². The predicted molar refractivity (Wildman–Crippen MR) is 44.2 cm³/mol. The summed E-state index contributed by atoms with van der Waals surface area (Å²) < 4.78 is 24.9. The highest BCUT2D eigenvalue weighted by atomic mass is 19.3. The second-order valence-electron chi connectivity index (χ2n) is 2.53. The third kappa shape index (κ3) is 1.63. The molecule has 6 heteroatoms. The van der Waals surface area contributed by atoms with E-state index in [9.17, 15) is 8.78 Å². The van der Waals surface area contributed by atoms with Gasteiger partial charge in [0.05, 0.1) is 17.9 Å². The van der Waals surface area contributed by atoms with Crippen molar-refractivity contribution in [3.63, 3.8) is 0 Å². The molecule has 0 aromatic carbocycles. The normalized spacial score (nSPS) is 10.2. The lowest BCUT2D eigenvalue weighted by atomic mass is 10.1. The molecule has 0 fully saturated rings. The van der Waals surface area contributed by atoms with Crippen molar-refractivity contribution in [1.82, 2.24) is 4.98 Å². The monoisotopic (exact) mass is 199 g/mol. The molecule has 1 heterocycles. The summed E-state index contributed by atoms with van der Waals surface area (Å²) in [5, 5.41) is 17.2. The zero-order valence-electron chi connectivity index (χ0n) is 7.04. The minimum absolute atomic E-state index is 0.0588. The highest BCUT2D eigenvalue weighted by molar-refractivity contribution is 5.58. The number of aliphatic hydroxyl groups is 1. The number of aliphatic hydroxyl groups excluding tert-OH is 1. The van der Waals surface area contributed by atoms with E-state index in [2.05, 4.69) is 4.98 Å². The van der Waals surface area contributed by atoms with E-state index in [0.29, 0.717) is 0 Å². The van der Waals surface area contributed by atoms with Gasteiger partial charge in [-0.2, -0.15) is 5.26 Å². The fourth-order valence-corrected chi connectivity index (χ4v) is 1.05. The van der Waals surface area contributed by atoms with Gasteiger partial charge in [0.15, 0.2) is 5.69 Å². The van der Waals surface area contributed by atoms with Gasteiger partial charge in [0.2, 0.25) is 0 Å². The van der Waals surface area contributed by atoms with Crippen LogP contribution in [0.4, 0.5) is 14.5 Å². The average molecular weight is 199 g/mol. The van der Waals surface area contributed by atoms with Crippen molar-refractivity contribution in [3.8, 4) is 6.07 Å². The first-order valence-electron chi connectivity index (χ1n) is 3.68. The summed E-state index contributed by atoms with van der Waals surface area (Å²) in [7, 11) is 0. The van der Waals surface area contributed by atoms with Crippen LogP contribution in [0.5, 0.6) is 0 Å². The van der Waals surface area contributed by atoms with Crippen molar-refractivity contribution in [1.29, 1.82) is 5.26 Å². The summed E-state index contributed by atoms with van der Waals surface area (Å²) in [5.41, 5.74) is 4.10. The maximum atomic E-state index is 12.5. The lowest BCUT2D eigenvalue weighted by Crippen LogP contribution is -2.05. The molecule has 0 amide bonds. The molecule has 0 unspecified atom stereocenters. The minimum Gasteiger partial charge on any atom is -0.396 e. The Morgan fingerprint density at radius 2 is 2.29 bits per heavy atom. The number of anilines is 1. The number of pyridine rings is 1. The van der Waals surface area contributed by atoms with Gasteiger partial charge < -0.3 is 10.8 Å². The molecule has 0 radical (unpaired) electrons. The van der Waals surface area contributed by atoms with Gasteiger partial charge in [-0.3, -0.25) is 0 Å². The Morgan fingerprint density at radius 3 is 2.71 bits per heavy atom. The van der Waals surface area contributed by atoms with Crippen LogP contribution < -0.4 is 5.73 Å². The molecule has 1 aromatic rings. The Hall–Kier alpha value is -1.74. The molecule has 14 heavy (non-hydrogen) atoms. The van der Waals surface area contributed by atoms with E-state index >= 15 is 0 Å². The number of halogens is 2. The fourth-order valence-electron chi connectivity index (χ4n) is 1.05. The molecule has 0 aliphatic carbocycles. The number of rotatable bonds is 2. The van der Waals surface area contributed by atoms with E-state index in [1.54, 1.807) is 6.07 Å². The number of nitrogens with two attached hydrogens (primary N) is 1. The minimum atomic E-state index is -2.83. The van der Waals surface area contributed by atoms with Crippen molar-refractivity contribution in [2.24, 2.45) is 0 Å². The van der Waals surface area contributed by atoms with Crippen LogP contribution in [-0.2, 0) is 6.61 Å². The molecule has 0 bridgehead atoms. The zero-order chi connectivity index (χ0) is 10.7. The number of nitrogens with zero attached hydrogens (tertiary/aromatic N) is 2. The first kappa shape index (κ1) is 10.3. The SMILES string of the molecule is N#Cc1ncc(CO)c(C(F)F)c1N. The molecule has 74 valence electrons. The predicted octanol–water partition coefficient (Wildman–Crippen LogP) is 0.965. The topological polar surface area (TPSA) is 82.9 Å². The summed E-state index contributed by atoms with van der Waals surface area (Å²) in [4.78, 5) is 3.53. The molecule has 0 aliphatic rings. The summed E-state index contributed by atoms with van der Waals surface area (Å²) in [5.74, 6) is 0. The van der Waals surface area contributed by atoms with Crippen molar-refractivity contribution in [3.05, 3.63) is 23.0 Å². The first-order valence-corrected chi connectivity index (χ1v) is 3.68. The van der Waals surface area contributed by atoms with Gasteiger partial charge >= 0.3 is 0 Å². The molecule has 0 aliphatic heterocycles. The summed E-state index contributed by atoms with van der Waals surface area (Å²) >= 11 is 0. The van der Waals surface area contributed by atoms with Gasteiger partial charge in [0, 0.05) is 11.8 Å². The standard InChI is InChI=1S/C8H7F2N3O/c9-8(10)6-4(3-14)2-13-5(1-11)7(6)12/h2,8,14H,3,12H2. The van der Waals surface area contributed by atoms with Crippen molar-refractivity contribution in [2.75, 3.05) is 5.73 Å². The molecule has 1 rings (SSSR count). The van der Waals surface area contributed by atoms with E-state index in [-0.39, 0.29) is 16.9 Å². The van der Waals surface area contributed by atoms with Crippen LogP contribution in [0.3, 0.4) is 0 Å². The Bertz CT molecular complexity index is 387. The number of aromatic nitrogens is 1. The molecule has 3 N–H and O–H groups in total. The summed E-state index contributed by atoms with van der Waals surface area (Å²) in [6, 6.07) is 1.59. The molecule has 0 atom stereocenters. The van der Waals surface area contributed by atoms with Gasteiger partial charge in [0.25, 0.3) is 6.43 Å². The van der Waals surface area contributed by atoms with Crippen molar-refractivity contribution in [2.45, 2.75) is 13.0 Å². The number of nitriles is 1. The van der Waals surface area contributed by atoms with E-state index < -0.39 is 18.6 Å². The third-order valence-electron chi connectivity index (χ3n) is 1.74. The van der Waals surface area contributed by atoms with Crippen LogP contribution in [0.2, 0.25) is 0 Å². The molecular formula is C8H7F2N3O. The van der Waals surface area contributed by atoms with Crippen LogP contribution in [-0.4, -0.2) is 10.1 Å². The highest BCUT2D eigenvalue weighted by Gasteiger charge is 2.19. The van der Waals surface area contributed by atoms with Crippen LogP contribution in [0, 0.1) is 11.3 Å². The van der Waals surface area contributed by atoms with Gasteiger partial charge in [-0.15, -0.1) is 0 Å². The number of hydrogen-bond acceptors (Lipinski definition) is 4.